The Morgan fingerprint density at radius 2 is 2.00 bits per heavy atom. The summed E-state index contributed by atoms with van der Waals surface area (Å²) in [6, 6.07) is 10.00. The maximum atomic E-state index is 11.3. The third-order valence-corrected chi connectivity index (χ3v) is 4.82. The first kappa shape index (κ1) is 11.5. The lowest BCUT2D eigenvalue weighted by molar-refractivity contribution is 0.558. The topological polar surface area (TPSA) is 46.2 Å². The zero-order valence-corrected chi connectivity index (χ0v) is 10.0. The Labute approximate surface area is 96.8 Å². The van der Waals surface area contributed by atoms with Gasteiger partial charge in [0.1, 0.15) is 0 Å². The zero-order chi connectivity index (χ0) is 11.4. The summed E-state index contributed by atoms with van der Waals surface area (Å²) in [5, 5.41) is 3.30. The largest absolute Gasteiger partial charge is 0.385 e. The average molecular weight is 239 g/mol. The quantitative estimate of drug-likeness (QED) is 0.873. The molecule has 88 valence electrons. The SMILES string of the molecule is O=S1(=O)CCC(CCNc2ccccc2)C1. The van der Waals surface area contributed by atoms with Gasteiger partial charge in [0.15, 0.2) is 9.84 Å². The average Bonchev–Trinajstić information content (AvgIpc) is 2.60. The van der Waals surface area contributed by atoms with Gasteiger partial charge in [0.2, 0.25) is 0 Å². The van der Waals surface area contributed by atoms with Crippen molar-refractivity contribution in [1.82, 2.24) is 0 Å². The summed E-state index contributed by atoms with van der Waals surface area (Å²) in [4.78, 5) is 0. The van der Waals surface area contributed by atoms with Crippen LogP contribution in [0.4, 0.5) is 5.69 Å². The van der Waals surface area contributed by atoms with Gasteiger partial charge in [0.05, 0.1) is 11.5 Å². The summed E-state index contributed by atoms with van der Waals surface area (Å²) in [5.74, 6) is 1.10. The van der Waals surface area contributed by atoms with Crippen molar-refractivity contribution in [3.63, 3.8) is 0 Å². The molecule has 0 saturated carbocycles. The van der Waals surface area contributed by atoms with Crippen LogP contribution in [0, 0.1) is 5.92 Å². The van der Waals surface area contributed by atoms with Crippen LogP contribution in [-0.2, 0) is 9.84 Å². The number of nitrogens with one attached hydrogen (secondary N) is 1. The van der Waals surface area contributed by atoms with Gasteiger partial charge in [-0.25, -0.2) is 8.42 Å². The molecule has 1 unspecified atom stereocenters. The maximum Gasteiger partial charge on any atom is 0.150 e. The van der Waals surface area contributed by atoms with Crippen LogP contribution in [0.5, 0.6) is 0 Å². The highest BCUT2D eigenvalue weighted by Crippen LogP contribution is 2.21. The van der Waals surface area contributed by atoms with Crippen LogP contribution in [0.15, 0.2) is 30.3 Å². The van der Waals surface area contributed by atoms with E-state index in [0.717, 1.165) is 25.1 Å². The van der Waals surface area contributed by atoms with E-state index in [-0.39, 0.29) is 0 Å². The van der Waals surface area contributed by atoms with Crippen molar-refractivity contribution in [3.05, 3.63) is 30.3 Å². The first-order valence-corrected chi connectivity index (χ1v) is 7.47. The van der Waals surface area contributed by atoms with E-state index in [1.54, 1.807) is 0 Å². The summed E-state index contributed by atoms with van der Waals surface area (Å²) < 4.78 is 22.5. The van der Waals surface area contributed by atoms with Gasteiger partial charge in [0.25, 0.3) is 0 Å². The molecule has 0 aromatic heterocycles. The third-order valence-electron chi connectivity index (χ3n) is 2.98. The lowest BCUT2D eigenvalue weighted by atomic mass is 10.1. The molecule has 1 aliphatic heterocycles. The number of hydrogen-bond acceptors (Lipinski definition) is 3. The number of para-hydroxylation sites is 1. The summed E-state index contributed by atoms with van der Waals surface area (Å²) in [7, 11) is -2.72. The summed E-state index contributed by atoms with van der Waals surface area (Å²) in [6.07, 6.45) is 1.77. The molecule has 1 aliphatic rings. The Bertz CT molecular complexity index is 428. The fraction of sp³-hybridized carbons (Fsp3) is 0.500. The van der Waals surface area contributed by atoms with E-state index in [1.165, 1.54) is 0 Å². The fourth-order valence-corrected chi connectivity index (χ4v) is 3.99. The van der Waals surface area contributed by atoms with Gasteiger partial charge in [-0.3, -0.25) is 0 Å². The molecule has 0 aliphatic carbocycles. The molecule has 0 bridgehead atoms. The highest BCUT2D eigenvalue weighted by atomic mass is 32.2. The molecule has 0 radical (unpaired) electrons. The van der Waals surface area contributed by atoms with Gasteiger partial charge < -0.3 is 5.32 Å². The van der Waals surface area contributed by atoms with E-state index in [0.29, 0.717) is 17.4 Å². The highest BCUT2D eigenvalue weighted by Gasteiger charge is 2.27. The van der Waals surface area contributed by atoms with E-state index < -0.39 is 9.84 Å². The highest BCUT2D eigenvalue weighted by molar-refractivity contribution is 7.91. The van der Waals surface area contributed by atoms with Gasteiger partial charge in [0, 0.05) is 12.2 Å². The van der Waals surface area contributed by atoms with Gasteiger partial charge in [-0.1, -0.05) is 18.2 Å². The van der Waals surface area contributed by atoms with Gasteiger partial charge in [-0.2, -0.15) is 0 Å². The number of rotatable bonds is 4. The van der Waals surface area contributed by atoms with Crippen LogP contribution in [0.3, 0.4) is 0 Å². The Morgan fingerprint density at radius 1 is 1.25 bits per heavy atom. The second-order valence-electron chi connectivity index (χ2n) is 4.35. The van der Waals surface area contributed by atoms with E-state index in [9.17, 15) is 8.42 Å². The molecule has 1 saturated heterocycles. The Kier molecular flexibility index (Phi) is 3.49. The lowest BCUT2D eigenvalue weighted by Crippen LogP contribution is -2.10. The van der Waals surface area contributed by atoms with Crippen molar-refractivity contribution in [3.8, 4) is 0 Å². The molecular formula is C12H17NO2S. The van der Waals surface area contributed by atoms with Crippen LogP contribution in [0.2, 0.25) is 0 Å². The smallest absolute Gasteiger partial charge is 0.150 e. The van der Waals surface area contributed by atoms with E-state index in [1.807, 2.05) is 30.3 Å². The van der Waals surface area contributed by atoms with Crippen LogP contribution in [0.1, 0.15) is 12.8 Å². The molecule has 1 atom stereocenters. The third kappa shape index (κ3) is 3.23. The predicted octanol–water partition coefficient (Wildman–Crippen LogP) is 1.92. The minimum atomic E-state index is -2.72. The van der Waals surface area contributed by atoms with Crippen LogP contribution in [0.25, 0.3) is 0 Å². The molecule has 1 N–H and O–H groups in total. The van der Waals surface area contributed by atoms with Crippen LogP contribution >= 0.6 is 0 Å². The molecule has 1 heterocycles. The van der Waals surface area contributed by atoms with Crippen molar-refractivity contribution in [2.45, 2.75) is 12.8 Å². The molecule has 4 heteroatoms. The summed E-state index contributed by atoms with van der Waals surface area (Å²) in [6.45, 7) is 0.851. The second kappa shape index (κ2) is 4.87. The standard InChI is InChI=1S/C12H17NO2S/c14-16(15)9-7-11(10-16)6-8-13-12-4-2-1-3-5-12/h1-5,11,13H,6-10H2. The van der Waals surface area contributed by atoms with Crippen molar-refractivity contribution in [2.24, 2.45) is 5.92 Å². The first-order valence-electron chi connectivity index (χ1n) is 5.65. The number of anilines is 1. The van der Waals surface area contributed by atoms with Gasteiger partial charge >= 0.3 is 0 Å². The summed E-state index contributed by atoms with van der Waals surface area (Å²) >= 11 is 0. The normalized spacial score (nSPS) is 23.1. The van der Waals surface area contributed by atoms with E-state index in [4.69, 9.17) is 0 Å². The maximum absolute atomic E-state index is 11.3. The first-order chi connectivity index (χ1) is 7.66. The molecule has 1 aromatic carbocycles. The molecule has 1 aromatic rings. The Hall–Kier alpha value is -1.03. The Balaban J connectivity index is 1.74. The van der Waals surface area contributed by atoms with Crippen molar-refractivity contribution < 1.29 is 8.42 Å². The number of sulfone groups is 1. The molecule has 0 spiro atoms. The van der Waals surface area contributed by atoms with Crippen LogP contribution < -0.4 is 5.32 Å². The molecule has 2 rings (SSSR count). The van der Waals surface area contributed by atoms with Crippen molar-refractivity contribution in [2.75, 3.05) is 23.4 Å². The monoisotopic (exact) mass is 239 g/mol. The van der Waals surface area contributed by atoms with Crippen LogP contribution in [-0.4, -0.2) is 26.5 Å². The second-order valence-corrected chi connectivity index (χ2v) is 6.58. The van der Waals surface area contributed by atoms with Gasteiger partial charge in [-0.15, -0.1) is 0 Å². The number of benzene rings is 1. The minimum absolute atomic E-state index is 0.348. The lowest BCUT2D eigenvalue weighted by Gasteiger charge is -2.09. The summed E-state index contributed by atoms with van der Waals surface area (Å²) in [5.41, 5.74) is 1.10. The van der Waals surface area contributed by atoms with E-state index in [2.05, 4.69) is 5.32 Å². The number of hydrogen-bond donors (Lipinski definition) is 1. The molecule has 0 amide bonds. The minimum Gasteiger partial charge on any atom is -0.385 e. The molecule has 3 nitrogen and oxygen atoms in total. The van der Waals surface area contributed by atoms with E-state index >= 15 is 0 Å². The molecular weight excluding hydrogens is 222 g/mol. The van der Waals surface area contributed by atoms with Gasteiger partial charge in [-0.05, 0) is 30.9 Å². The predicted molar refractivity (Wildman–Crippen MR) is 66.3 cm³/mol. The van der Waals surface area contributed by atoms with Crippen molar-refractivity contribution >= 4 is 15.5 Å². The molecule has 16 heavy (non-hydrogen) atoms. The van der Waals surface area contributed by atoms with Crippen molar-refractivity contribution in [1.29, 1.82) is 0 Å². The molecule has 1 fully saturated rings. The zero-order valence-electron chi connectivity index (χ0n) is 9.22. The fourth-order valence-electron chi connectivity index (χ4n) is 2.08. The Morgan fingerprint density at radius 3 is 2.62 bits per heavy atom.